The van der Waals surface area contributed by atoms with Gasteiger partial charge in [-0.25, -0.2) is 17.6 Å². The Morgan fingerprint density at radius 3 is 2.31 bits per heavy atom. The average Bonchev–Trinajstić information content (AvgIpc) is 2.58. The molecule has 2 aromatic rings. The summed E-state index contributed by atoms with van der Waals surface area (Å²) >= 11 is 11.7. The standard InChI is InChI=1S/C17H14Cl2F4N2O/c1-7(9-5-13(21)11(19)6-10(9)18)24-8(2)17(26)25-14-4-3-12(20)15(22)16(14)23/h3-8,24H,1-2H3,(H,25,26)/p+1/t7-,8+/m0/s1. The van der Waals surface area contributed by atoms with E-state index in [-0.39, 0.29) is 10.0 Å². The molecular weight excluding hydrogens is 395 g/mol. The van der Waals surface area contributed by atoms with E-state index in [1.54, 1.807) is 12.2 Å². The normalized spacial score (nSPS) is 13.4. The topological polar surface area (TPSA) is 45.7 Å². The van der Waals surface area contributed by atoms with Crippen molar-refractivity contribution < 1.29 is 27.7 Å². The number of hydrogen-bond acceptors (Lipinski definition) is 1. The Labute approximate surface area is 157 Å². The van der Waals surface area contributed by atoms with Crippen LogP contribution in [-0.4, -0.2) is 11.9 Å². The molecule has 9 heteroatoms. The van der Waals surface area contributed by atoms with E-state index in [0.29, 0.717) is 11.6 Å². The van der Waals surface area contributed by atoms with E-state index in [2.05, 4.69) is 5.32 Å². The zero-order valence-electron chi connectivity index (χ0n) is 13.7. The molecule has 0 aromatic heterocycles. The fourth-order valence-electron chi connectivity index (χ4n) is 2.38. The van der Waals surface area contributed by atoms with Gasteiger partial charge in [0, 0.05) is 5.56 Å². The third kappa shape index (κ3) is 4.47. The third-order valence-electron chi connectivity index (χ3n) is 3.81. The molecule has 0 spiro atoms. The van der Waals surface area contributed by atoms with Gasteiger partial charge in [-0.15, -0.1) is 0 Å². The number of anilines is 1. The number of hydrogen-bond donors (Lipinski definition) is 2. The smallest absolute Gasteiger partial charge is 0.282 e. The van der Waals surface area contributed by atoms with Crippen LogP contribution in [0.2, 0.25) is 10.0 Å². The van der Waals surface area contributed by atoms with Crippen LogP contribution in [-0.2, 0) is 4.79 Å². The molecule has 3 nitrogen and oxygen atoms in total. The minimum atomic E-state index is -1.67. The monoisotopic (exact) mass is 409 g/mol. The molecule has 2 aromatic carbocycles. The van der Waals surface area contributed by atoms with Crippen LogP contribution < -0.4 is 10.6 Å². The number of amides is 1. The Hall–Kier alpha value is -1.83. The molecule has 0 aliphatic carbocycles. The van der Waals surface area contributed by atoms with Crippen LogP contribution in [0.1, 0.15) is 25.5 Å². The summed E-state index contributed by atoms with van der Waals surface area (Å²) in [5.41, 5.74) is -0.0513. The Kier molecular flexibility index (Phi) is 6.49. The average molecular weight is 410 g/mol. The Morgan fingerprint density at radius 2 is 1.65 bits per heavy atom. The minimum absolute atomic E-state index is 0.120. The number of carbonyl (C=O) groups is 1. The summed E-state index contributed by atoms with van der Waals surface area (Å²) in [4.78, 5) is 12.2. The maximum atomic E-state index is 13.6. The molecule has 0 aliphatic rings. The highest BCUT2D eigenvalue weighted by Crippen LogP contribution is 2.27. The summed E-state index contributed by atoms with van der Waals surface area (Å²) in [7, 11) is 0. The highest BCUT2D eigenvalue weighted by atomic mass is 35.5. The van der Waals surface area contributed by atoms with Crippen molar-refractivity contribution in [3.05, 3.63) is 63.1 Å². The summed E-state index contributed by atoms with van der Waals surface area (Å²) in [6.45, 7) is 3.21. The van der Waals surface area contributed by atoms with Crippen molar-refractivity contribution >= 4 is 34.8 Å². The largest absolute Gasteiger partial charge is 0.330 e. The molecule has 0 radical (unpaired) electrons. The van der Waals surface area contributed by atoms with Gasteiger partial charge in [0.15, 0.2) is 23.5 Å². The van der Waals surface area contributed by atoms with Gasteiger partial charge >= 0.3 is 0 Å². The van der Waals surface area contributed by atoms with Gasteiger partial charge in [-0.1, -0.05) is 23.2 Å². The first-order valence-corrected chi connectivity index (χ1v) is 8.31. The van der Waals surface area contributed by atoms with Crippen LogP contribution in [0.25, 0.3) is 0 Å². The molecule has 26 heavy (non-hydrogen) atoms. The van der Waals surface area contributed by atoms with Crippen LogP contribution in [0.15, 0.2) is 24.3 Å². The predicted molar refractivity (Wildman–Crippen MR) is 91.2 cm³/mol. The Bertz CT molecular complexity index is 848. The second-order valence-electron chi connectivity index (χ2n) is 5.77. The molecule has 140 valence electrons. The molecule has 0 saturated carbocycles. The molecule has 0 fully saturated rings. The zero-order valence-corrected chi connectivity index (χ0v) is 15.2. The van der Waals surface area contributed by atoms with Crippen molar-refractivity contribution in [2.45, 2.75) is 25.9 Å². The molecule has 3 N–H and O–H groups in total. The summed E-state index contributed by atoms with van der Waals surface area (Å²) in [6, 6.07) is 2.89. The van der Waals surface area contributed by atoms with E-state index in [1.807, 2.05) is 0 Å². The lowest BCUT2D eigenvalue weighted by Gasteiger charge is -2.18. The molecule has 2 rings (SSSR count). The molecule has 1 amide bonds. The Morgan fingerprint density at radius 1 is 1.00 bits per heavy atom. The number of halogens is 6. The van der Waals surface area contributed by atoms with E-state index in [1.165, 1.54) is 19.1 Å². The molecule has 0 aliphatic heterocycles. The van der Waals surface area contributed by atoms with Crippen molar-refractivity contribution in [1.29, 1.82) is 0 Å². The second-order valence-corrected chi connectivity index (χ2v) is 6.58. The lowest BCUT2D eigenvalue weighted by Crippen LogP contribution is -2.91. The summed E-state index contributed by atoms with van der Waals surface area (Å²) in [6.07, 6.45) is 0. The van der Waals surface area contributed by atoms with Crippen LogP contribution in [0.4, 0.5) is 23.2 Å². The lowest BCUT2D eigenvalue weighted by atomic mass is 10.1. The van der Waals surface area contributed by atoms with Gasteiger partial charge in [0.1, 0.15) is 11.9 Å². The molecule has 0 bridgehead atoms. The van der Waals surface area contributed by atoms with E-state index in [9.17, 15) is 22.4 Å². The van der Waals surface area contributed by atoms with Crippen LogP contribution >= 0.6 is 23.2 Å². The number of carbonyl (C=O) groups excluding carboxylic acids is 1. The molecule has 0 heterocycles. The first kappa shape index (κ1) is 20.5. The van der Waals surface area contributed by atoms with Crippen molar-refractivity contribution in [3.8, 4) is 0 Å². The van der Waals surface area contributed by atoms with E-state index >= 15 is 0 Å². The molecule has 2 atom stereocenters. The highest BCUT2D eigenvalue weighted by Gasteiger charge is 2.24. The number of nitrogens with two attached hydrogens (primary N) is 1. The van der Waals surface area contributed by atoms with Crippen LogP contribution in [0, 0.1) is 23.3 Å². The van der Waals surface area contributed by atoms with Gasteiger partial charge in [0.05, 0.1) is 15.7 Å². The molecule has 0 saturated heterocycles. The number of nitrogens with one attached hydrogen (secondary N) is 1. The van der Waals surface area contributed by atoms with Gasteiger partial charge in [-0.05, 0) is 38.1 Å². The second kappa shape index (κ2) is 8.24. The maximum absolute atomic E-state index is 13.6. The summed E-state index contributed by atoms with van der Waals surface area (Å²) < 4.78 is 53.4. The van der Waals surface area contributed by atoms with Gasteiger partial charge in [0.2, 0.25) is 0 Å². The van der Waals surface area contributed by atoms with Crippen molar-refractivity contribution in [2.75, 3.05) is 5.32 Å². The molecule has 0 unspecified atom stereocenters. The zero-order chi connectivity index (χ0) is 19.6. The van der Waals surface area contributed by atoms with Gasteiger partial charge < -0.3 is 10.6 Å². The Balaban J connectivity index is 2.10. The van der Waals surface area contributed by atoms with Gasteiger partial charge in [-0.2, -0.15) is 0 Å². The maximum Gasteiger partial charge on any atom is 0.282 e. The summed E-state index contributed by atoms with van der Waals surface area (Å²) in [5.74, 6) is -5.80. The van der Waals surface area contributed by atoms with Crippen molar-refractivity contribution in [2.24, 2.45) is 0 Å². The van der Waals surface area contributed by atoms with Crippen molar-refractivity contribution in [3.63, 3.8) is 0 Å². The number of benzene rings is 2. The fourth-order valence-corrected chi connectivity index (χ4v) is 2.94. The van der Waals surface area contributed by atoms with Crippen LogP contribution in [0.3, 0.4) is 0 Å². The van der Waals surface area contributed by atoms with Gasteiger partial charge in [-0.3, -0.25) is 4.79 Å². The third-order valence-corrected chi connectivity index (χ3v) is 4.43. The lowest BCUT2D eigenvalue weighted by molar-refractivity contribution is -0.709. The first-order valence-electron chi connectivity index (χ1n) is 7.55. The van der Waals surface area contributed by atoms with Crippen molar-refractivity contribution in [1.82, 2.24) is 0 Å². The van der Waals surface area contributed by atoms with Crippen LogP contribution in [0.5, 0.6) is 0 Å². The first-order chi connectivity index (χ1) is 12.1. The van der Waals surface area contributed by atoms with E-state index in [0.717, 1.165) is 6.07 Å². The molecular formula is C17H15Cl2F4N2O+. The van der Waals surface area contributed by atoms with Gasteiger partial charge in [0.25, 0.3) is 5.91 Å². The predicted octanol–water partition coefficient (Wildman–Crippen LogP) is 4.20. The van der Waals surface area contributed by atoms with E-state index in [4.69, 9.17) is 23.2 Å². The number of rotatable bonds is 5. The quantitative estimate of drug-likeness (QED) is 0.433. The van der Waals surface area contributed by atoms with E-state index < -0.39 is 46.9 Å². The summed E-state index contributed by atoms with van der Waals surface area (Å²) in [5, 5.41) is 3.86. The fraction of sp³-hybridized carbons (Fsp3) is 0.235. The SMILES string of the molecule is C[C@H]([NH2+][C@H](C)C(=O)Nc1ccc(F)c(F)c1F)c1cc(F)c(Cl)cc1Cl. The number of quaternary nitrogens is 1. The minimum Gasteiger partial charge on any atom is -0.330 e. The highest BCUT2D eigenvalue weighted by molar-refractivity contribution is 6.35.